The van der Waals surface area contributed by atoms with Crippen LogP contribution in [0.4, 0.5) is 0 Å². The predicted molar refractivity (Wildman–Crippen MR) is 93.2 cm³/mol. The smallest absolute Gasteiger partial charge is 0.307 e. The maximum absolute atomic E-state index is 12.3. The highest BCUT2D eigenvalue weighted by Crippen LogP contribution is 2.29. The van der Waals surface area contributed by atoms with Gasteiger partial charge in [-0.15, -0.1) is 0 Å². The minimum Gasteiger partial charge on any atom is -0.469 e. The van der Waals surface area contributed by atoms with Crippen molar-refractivity contribution in [2.75, 3.05) is 13.7 Å². The molecule has 0 saturated carbocycles. The largest absolute Gasteiger partial charge is 0.469 e. The van der Waals surface area contributed by atoms with E-state index in [1.807, 2.05) is 6.07 Å². The zero-order valence-corrected chi connectivity index (χ0v) is 14.8. The minimum atomic E-state index is -0.355. The second-order valence-electron chi connectivity index (χ2n) is 5.29. The molecule has 0 aliphatic heterocycles. The molecule has 0 unspecified atom stereocenters. The molecule has 126 valence electrons. The third-order valence-corrected chi connectivity index (χ3v) is 4.56. The van der Waals surface area contributed by atoms with Gasteiger partial charge in [0, 0.05) is 17.6 Å². The Labute approximate surface area is 145 Å². The number of esters is 1. The zero-order valence-electron chi connectivity index (χ0n) is 14.0. The van der Waals surface area contributed by atoms with Crippen LogP contribution in [0.1, 0.15) is 27.9 Å². The molecule has 6 heteroatoms. The summed E-state index contributed by atoms with van der Waals surface area (Å²) in [6.07, 6.45) is 1.80. The number of hydrogen-bond donors (Lipinski definition) is 1. The first kappa shape index (κ1) is 18.0. The van der Waals surface area contributed by atoms with Crippen molar-refractivity contribution in [2.24, 2.45) is 0 Å². The summed E-state index contributed by atoms with van der Waals surface area (Å²) >= 11 is 1.45. The third-order valence-electron chi connectivity index (χ3n) is 3.55. The van der Waals surface area contributed by atoms with Gasteiger partial charge in [-0.05, 0) is 49.2 Å². The molecule has 0 fully saturated rings. The Hall–Kier alpha value is -2.34. The van der Waals surface area contributed by atoms with E-state index in [-0.39, 0.29) is 24.8 Å². The first-order chi connectivity index (χ1) is 11.5. The van der Waals surface area contributed by atoms with Gasteiger partial charge in [-0.2, -0.15) is 0 Å². The van der Waals surface area contributed by atoms with Crippen molar-refractivity contribution in [3.8, 4) is 0 Å². The molecule has 0 atom stereocenters. The van der Waals surface area contributed by atoms with Crippen LogP contribution in [0.25, 0.3) is 0 Å². The van der Waals surface area contributed by atoms with Crippen molar-refractivity contribution >= 4 is 23.6 Å². The van der Waals surface area contributed by atoms with Gasteiger partial charge in [-0.1, -0.05) is 17.8 Å². The number of rotatable bonds is 6. The van der Waals surface area contributed by atoms with Crippen molar-refractivity contribution < 1.29 is 14.3 Å². The zero-order chi connectivity index (χ0) is 17.5. The van der Waals surface area contributed by atoms with Crippen LogP contribution >= 0.6 is 11.8 Å². The molecule has 0 aliphatic carbocycles. The van der Waals surface area contributed by atoms with E-state index in [1.165, 1.54) is 30.0 Å². The van der Waals surface area contributed by atoms with Crippen molar-refractivity contribution in [2.45, 2.75) is 30.2 Å². The van der Waals surface area contributed by atoms with Gasteiger partial charge in [0.05, 0.1) is 19.1 Å². The normalized spacial score (nSPS) is 10.3. The Morgan fingerprint density at radius 1 is 1.21 bits per heavy atom. The van der Waals surface area contributed by atoms with Crippen molar-refractivity contribution in [3.05, 3.63) is 53.2 Å². The summed E-state index contributed by atoms with van der Waals surface area (Å²) in [6, 6.07) is 9.59. The summed E-state index contributed by atoms with van der Waals surface area (Å²) in [6.45, 7) is 4.34. The number of amides is 1. The number of carbonyl (C=O) groups is 2. The minimum absolute atomic E-state index is 0.141. The van der Waals surface area contributed by atoms with Crippen molar-refractivity contribution in [3.63, 3.8) is 0 Å². The molecule has 1 N–H and O–H groups in total. The molecule has 1 aromatic heterocycles. The SMILES string of the molecule is COC(=O)CCNC(=O)c1cccnc1Sc1ccc(C)c(C)c1. The quantitative estimate of drug-likeness (QED) is 0.815. The van der Waals surface area contributed by atoms with Crippen molar-refractivity contribution in [1.29, 1.82) is 0 Å². The molecule has 0 spiro atoms. The number of nitrogens with zero attached hydrogens (tertiary/aromatic N) is 1. The summed E-state index contributed by atoms with van der Waals surface area (Å²) in [5.74, 6) is -0.607. The summed E-state index contributed by atoms with van der Waals surface area (Å²) < 4.78 is 4.55. The van der Waals surface area contributed by atoms with Gasteiger partial charge >= 0.3 is 5.97 Å². The highest BCUT2D eigenvalue weighted by atomic mass is 32.2. The Bertz CT molecular complexity index is 747. The molecule has 0 bridgehead atoms. The predicted octanol–water partition coefficient (Wildman–Crippen LogP) is 3.14. The highest BCUT2D eigenvalue weighted by molar-refractivity contribution is 7.99. The van der Waals surface area contributed by atoms with Crippen LogP contribution in [0.5, 0.6) is 0 Å². The number of ether oxygens (including phenoxy) is 1. The number of nitrogens with one attached hydrogen (secondary N) is 1. The molecular weight excluding hydrogens is 324 g/mol. The van der Waals surface area contributed by atoms with Crippen LogP contribution in [-0.4, -0.2) is 30.5 Å². The van der Waals surface area contributed by atoms with Gasteiger partial charge in [0.15, 0.2) is 0 Å². The van der Waals surface area contributed by atoms with Gasteiger partial charge in [0.2, 0.25) is 0 Å². The molecule has 2 aromatic rings. The number of carbonyl (C=O) groups excluding carboxylic acids is 2. The highest BCUT2D eigenvalue weighted by Gasteiger charge is 2.14. The number of methoxy groups -OCH3 is 1. The second-order valence-corrected chi connectivity index (χ2v) is 6.35. The molecule has 1 heterocycles. The maximum atomic E-state index is 12.3. The summed E-state index contributed by atoms with van der Waals surface area (Å²) in [5, 5.41) is 3.35. The van der Waals surface area contributed by atoms with Crippen LogP contribution in [0.2, 0.25) is 0 Å². The Morgan fingerprint density at radius 2 is 2.00 bits per heavy atom. The molecule has 24 heavy (non-hydrogen) atoms. The monoisotopic (exact) mass is 344 g/mol. The molecular formula is C18H20N2O3S. The Balaban J connectivity index is 2.10. The molecule has 2 rings (SSSR count). The number of pyridine rings is 1. The van der Waals surface area contributed by atoms with E-state index in [4.69, 9.17) is 0 Å². The fourth-order valence-corrected chi connectivity index (χ4v) is 2.99. The van der Waals surface area contributed by atoms with Gasteiger partial charge in [-0.3, -0.25) is 9.59 Å². The van der Waals surface area contributed by atoms with E-state index in [1.54, 1.807) is 18.3 Å². The number of aromatic nitrogens is 1. The van der Waals surface area contributed by atoms with Crippen molar-refractivity contribution in [1.82, 2.24) is 10.3 Å². The van der Waals surface area contributed by atoms with E-state index in [2.05, 4.69) is 41.0 Å². The lowest BCUT2D eigenvalue weighted by atomic mass is 10.1. The van der Waals surface area contributed by atoms with Gasteiger partial charge in [0.1, 0.15) is 5.03 Å². The van der Waals surface area contributed by atoms with Crippen LogP contribution in [0.3, 0.4) is 0 Å². The first-order valence-electron chi connectivity index (χ1n) is 7.56. The average Bonchev–Trinajstić information content (AvgIpc) is 2.58. The summed E-state index contributed by atoms with van der Waals surface area (Å²) in [5.41, 5.74) is 2.91. The lowest BCUT2D eigenvalue weighted by molar-refractivity contribution is -0.140. The van der Waals surface area contributed by atoms with Crippen LogP contribution in [0, 0.1) is 13.8 Å². The molecule has 1 aromatic carbocycles. The van der Waals surface area contributed by atoms with Gasteiger partial charge in [0.25, 0.3) is 5.91 Å². The van der Waals surface area contributed by atoms with Crippen LogP contribution in [-0.2, 0) is 9.53 Å². The Kier molecular flexibility index (Phi) is 6.37. The molecule has 5 nitrogen and oxygen atoms in total. The summed E-state index contributed by atoms with van der Waals surface area (Å²) in [7, 11) is 1.32. The molecule has 0 aliphatic rings. The van der Waals surface area contributed by atoms with E-state index in [0.29, 0.717) is 10.6 Å². The van der Waals surface area contributed by atoms with E-state index in [0.717, 1.165) is 4.90 Å². The van der Waals surface area contributed by atoms with Gasteiger partial charge in [-0.25, -0.2) is 4.98 Å². The first-order valence-corrected chi connectivity index (χ1v) is 8.38. The van der Waals surface area contributed by atoms with Crippen LogP contribution in [0.15, 0.2) is 46.5 Å². The van der Waals surface area contributed by atoms with Crippen LogP contribution < -0.4 is 5.32 Å². The third kappa shape index (κ3) is 4.83. The van der Waals surface area contributed by atoms with E-state index in [9.17, 15) is 9.59 Å². The lowest BCUT2D eigenvalue weighted by Crippen LogP contribution is -2.27. The molecule has 0 saturated heterocycles. The van der Waals surface area contributed by atoms with E-state index >= 15 is 0 Å². The Morgan fingerprint density at radius 3 is 2.71 bits per heavy atom. The molecule has 1 amide bonds. The maximum Gasteiger partial charge on any atom is 0.307 e. The number of benzene rings is 1. The average molecular weight is 344 g/mol. The van der Waals surface area contributed by atoms with E-state index < -0.39 is 0 Å². The molecule has 0 radical (unpaired) electrons. The fraction of sp³-hybridized carbons (Fsp3) is 0.278. The topological polar surface area (TPSA) is 68.3 Å². The standard InChI is InChI=1S/C18H20N2O3S/c1-12-6-7-14(11-13(12)2)24-18-15(5-4-9-20-18)17(22)19-10-8-16(21)23-3/h4-7,9,11H,8,10H2,1-3H3,(H,19,22). The number of aryl methyl sites for hydroxylation is 2. The fourth-order valence-electron chi connectivity index (χ4n) is 2.01. The number of hydrogen-bond acceptors (Lipinski definition) is 5. The lowest BCUT2D eigenvalue weighted by Gasteiger charge is -2.09. The van der Waals surface area contributed by atoms with Gasteiger partial charge < -0.3 is 10.1 Å². The summed E-state index contributed by atoms with van der Waals surface area (Å²) in [4.78, 5) is 28.8. The second kappa shape index (κ2) is 8.49.